The number of likely N-dealkylation sites (N-methyl/N-ethyl adjacent to an activating group) is 1. The second-order valence-corrected chi connectivity index (χ2v) is 3.15. The molecule has 3 nitrogen and oxygen atoms in total. The molecule has 13 heavy (non-hydrogen) atoms. The number of hydrogen-bond donors (Lipinski definition) is 0. The van der Waals surface area contributed by atoms with Gasteiger partial charge in [-0.3, -0.25) is 4.79 Å². The van der Waals surface area contributed by atoms with E-state index in [-0.39, 0.29) is 12.4 Å². The Bertz CT molecular complexity index is 335. The summed E-state index contributed by atoms with van der Waals surface area (Å²) < 4.78 is 5.34. The maximum Gasteiger partial charge on any atom is 0.189 e. The van der Waals surface area contributed by atoms with Crippen molar-refractivity contribution in [1.29, 1.82) is 0 Å². The highest BCUT2D eigenvalue weighted by Crippen LogP contribution is 2.28. The van der Waals surface area contributed by atoms with E-state index in [0.29, 0.717) is 6.54 Å². The second kappa shape index (κ2) is 3.09. The van der Waals surface area contributed by atoms with Crippen molar-refractivity contribution in [1.82, 2.24) is 0 Å². The van der Waals surface area contributed by atoms with Gasteiger partial charge in [-0.15, -0.1) is 0 Å². The molecule has 0 aromatic heterocycles. The molecule has 1 aliphatic rings. The Balaban J connectivity index is 2.40. The number of hydrogen-bond acceptors (Lipinski definition) is 3. The van der Waals surface area contributed by atoms with Crippen molar-refractivity contribution >= 4 is 11.5 Å². The normalized spacial score (nSPS) is 16.1. The summed E-state index contributed by atoms with van der Waals surface area (Å²) in [6.07, 6.45) is 0. The SMILES string of the molecule is CN1CC(=O)COc2ccccc21. The number of anilines is 1. The third-order valence-electron chi connectivity index (χ3n) is 2.08. The lowest BCUT2D eigenvalue weighted by Gasteiger charge is -2.16. The zero-order chi connectivity index (χ0) is 9.26. The van der Waals surface area contributed by atoms with E-state index in [4.69, 9.17) is 4.74 Å². The first-order chi connectivity index (χ1) is 6.27. The number of fused-ring (bicyclic) bond motifs is 1. The highest BCUT2D eigenvalue weighted by atomic mass is 16.5. The van der Waals surface area contributed by atoms with E-state index >= 15 is 0 Å². The first-order valence-corrected chi connectivity index (χ1v) is 4.22. The minimum absolute atomic E-state index is 0.110. The van der Waals surface area contributed by atoms with Crippen molar-refractivity contribution in [3.05, 3.63) is 24.3 Å². The molecule has 0 saturated heterocycles. The predicted octanol–water partition coefficient (Wildman–Crippen LogP) is 1.08. The molecule has 0 atom stereocenters. The highest BCUT2D eigenvalue weighted by Gasteiger charge is 2.16. The summed E-state index contributed by atoms with van der Waals surface area (Å²) in [4.78, 5) is 13.1. The zero-order valence-corrected chi connectivity index (χ0v) is 7.49. The number of carbonyl (C=O) groups excluding carboxylic acids is 1. The van der Waals surface area contributed by atoms with Crippen LogP contribution in [-0.4, -0.2) is 26.0 Å². The van der Waals surface area contributed by atoms with Crippen LogP contribution in [0.15, 0.2) is 24.3 Å². The first kappa shape index (κ1) is 8.10. The number of para-hydroxylation sites is 2. The lowest BCUT2D eigenvalue weighted by molar-refractivity contribution is -0.119. The van der Waals surface area contributed by atoms with Crippen molar-refractivity contribution in [2.24, 2.45) is 0 Å². The van der Waals surface area contributed by atoms with Crippen LogP contribution >= 0.6 is 0 Å². The van der Waals surface area contributed by atoms with Crippen LogP contribution in [0.3, 0.4) is 0 Å². The van der Waals surface area contributed by atoms with Crippen LogP contribution in [0.4, 0.5) is 5.69 Å². The van der Waals surface area contributed by atoms with Gasteiger partial charge in [0.05, 0.1) is 12.2 Å². The molecule has 1 heterocycles. The van der Waals surface area contributed by atoms with Gasteiger partial charge in [0.2, 0.25) is 0 Å². The van der Waals surface area contributed by atoms with Crippen molar-refractivity contribution in [3.8, 4) is 5.75 Å². The van der Waals surface area contributed by atoms with E-state index in [1.54, 1.807) is 0 Å². The quantitative estimate of drug-likeness (QED) is 0.594. The molecule has 0 amide bonds. The monoisotopic (exact) mass is 177 g/mol. The smallest absolute Gasteiger partial charge is 0.189 e. The highest BCUT2D eigenvalue weighted by molar-refractivity contribution is 5.86. The molecule has 0 aliphatic carbocycles. The van der Waals surface area contributed by atoms with Gasteiger partial charge in [-0.2, -0.15) is 0 Å². The number of nitrogens with zero attached hydrogens (tertiary/aromatic N) is 1. The van der Waals surface area contributed by atoms with Gasteiger partial charge in [0, 0.05) is 7.05 Å². The molecule has 1 aromatic carbocycles. The van der Waals surface area contributed by atoms with Crippen LogP contribution in [0.25, 0.3) is 0 Å². The summed E-state index contributed by atoms with van der Waals surface area (Å²) in [6.45, 7) is 0.609. The van der Waals surface area contributed by atoms with Crippen LogP contribution in [0, 0.1) is 0 Å². The Morgan fingerprint density at radius 1 is 1.38 bits per heavy atom. The molecule has 1 aliphatic heterocycles. The number of Topliss-reactive ketones (excluding diaryl/α,β-unsaturated/α-hetero) is 1. The molecule has 0 unspecified atom stereocenters. The molecule has 0 radical (unpaired) electrons. The van der Waals surface area contributed by atoms with E-state index in [1.165, 1.54) is 0 Å². The van der Waals surface area contributed by atoms with Gasteiger partial charge in [0.15, 0.2) is 5.78 Å². The Labute approximate surface area is 76.9 Å². The van der Waals surface area contributed by atoms with Gasteiger partial charge >= 0.3 is 0 Å². The summed E-state index contributed by atoms with van der Waals surface area (Å²) in [6, 6.07) is 7.68. The molecular weight excluding hydrogens is 166 g/mol. The number of rotatable bonds is 0. The van der Waals surface area contributed by atoms with Crippen molar-refractivity contribution in [2.75, 3.05) is 25.1 Å². The minimum atomic E-state index is 0.110. The van der Waals surface area contributed by atoms with Crippen LogP contribution in [0.5, 0.6) is 5.75 Å². The van der Waals surface area contributed by atoms with Crippen LogP contribution in [-0.2, 0) is 4.79 Å². The summed E-state index contributed by atoms with van der Waals surface area (Å²) >= 11 is 0. The molecule has 1 aromatic rings. The average Bonchev–Trinajstić information content (AvgIpc) is 2.27. The zero-order valence-electron chi connectivity index (χ0n) is 7.49. The lowest BCUT2D eigenvalue weighted by atomic mass is 10.2. The molecule has 3 heteroatoms. The summed E-state index contributed by atoms with van der Waals surface area (Å²) in [5, 5.41) is 0. The van der Waals surface area contributed by atoms with E-state index in [1.807, 2.05) is 36.2 Å². The maximum absolute atomic E-state index is 11.2. The average molecular weight is 177 g/mol. The molecule has 0 fully saturated rings. The van der Waals surface area contributed by atoms with E-state index in [9.17, 15) is 4.79 Å². The maximum atomic E-state index is 11.2. The molecule has 0 bridgehead atoms. The van der Waals surface area contributed by atoms with Crippen LogP contribution < -0.4 is 9.64 Å². The summed E-state index contributed by atoms with van der Waals surface area (Å²) in [7, 11) is 1.89. The molecular formula is C10H11NO2. The van der Waals surface area contributed by atoms with Crippen molar-refractivity contribution in [3.63, 3.8) is 0 Å². The Kier molecular flexibility index (Phi) is 1.93. The third-order valence-corrected chi connectivity index (χ3v) is 2.08. The van der Waals surface area contributed by atoms with Gasteiger partial charge in [-0.05, 0) is 12.1 Å². The van der Waals surface area contributed by atoms with Crippen molar-refractivity contribution in [2.45, 2.75) is 0 Å². The van der Waals surface area contributed by atoms with Crippen molar-refractivity contribution < 1.29 is 9.53 Å². The third kappa shape index (κ3) is 1.49. The Morgan fingerprint density at radius 2 is 2.15 bits per heavy atom. The lowest BCUT2D eigenvalue weighted by Crippen LogP contribution is -2.25. The van der Waals surface area contributed by atoms with Crippen LogP contribution in [0.1, 0.15) is 0 Å². The number of carbonyl (C=O) groups is 1. The fraction of sp³-hybridized carbons (Fsp3) is 0.300. The summed E-state index contributed by atoms with van der Waals surface area (Å²) in [5.74, 6) is 0.898. The molecule has 0 spiro atoms. The Hall–Kier alpha value is -1.51. The topological polar surface area (TPSA) is 29.5 Å². The molecule has 0 N–H and O–H groups in total. The molecule has 68 valence electrons. The molecule has 0 saturated carbocycles. The fourth-order valence-electron chi connectivity index (χ4n) is 1.45. The van der Waals surface area contributed by atoms with Gasteiger partial charge < -0.3 is 9.64 Å². The second-order valence-electron chi connectivity index (χ2n) is 3.15. The molecule has 2 rings (SSSR count). The largest absolute Gasteiger partial charge is 0.484 e. The van der Waals surface area contributed by atoms with Gasteiger partial charge in [0.1, 0.15) is 12.4 Å². The number of ether oxygens (including phenoxy) is 1. The van der Waals surface area contributed by atoms with E-state index in [0.717, 1.165) is 11.4 Å². The van der Waals surface area contributed by atoms with E-state index in [2.05, 4.69) is 0 Å². The fourth-order valence-corrected chi connectivity index (χ4v) is 1.45. The standard InChI is InChI=1S/C10H11NO2/c1-11-6-8(12)7-13-10-5-3-2-4-9(10)11/h2-5H,6-7H2,1H3. The first-order valence-electron chi connectivity index (χ1n) is 4.22. The Morgan fingerprint density at radius 3 is 3.00 bits per heavy atom. The number of ketones is 1. The minimum Gasteiger partial charge on any atom is -0.484 e. The van der Waals surface area contributed by atoms with E-state index < -0.39 is 0 Å². The van der Waals surface area contributed by atoms with Gasteiger partial charge in [-0.1, -0.05) is 12.1 Å². The number of benzene rings is 1. The van der Waals surface area contributed by atoms with Gasteiger partial charge in [-0.25, -0.2) is 0 Å². The predicted molar refractivity (Wildman–Crippen MR) is 50.2 cm³/mol. The van der Waals surface area contributed by atoms with Gasteiger partial charge in [0.25, 0.3) is 0 Å². The summed E-state index contributed by atoms with van der Waals surface area (Å²) in [5.41, 5.74) is 0.980. The van der Waals surface area contributed by atoms with Crippen LogP contribution in [0.2, 0.25) is 0 Å².